The van der Waals surface area contributed by atoms with Crippen LogP contribution in [0.15, 0.2) is 54.6 Å². The van der Waals surface area contributed by atoms with Crippen LogP contribution in [0.2, 0.25) is 0 Å². The number of nitrogens with zero attached hydrogens (tertiary/aromatic N) is 1. The van der Waals surface area contributed by atoms with Crippen molar-refractivity contribution in [3.8, 4) is 0 Å². The maximum Gasteiger partial charge on any atom is 0.262 e. The van der Waals surface area contributed by atoms with Gasteiger partial charge in [0.25, 0.3) is 11.8 Å². The van der Waals surface area contributed by atoms with Crippen molar-refractivity contribution in [3.05, 3.63) is 71.3 Å². The molecule has 1 N–H and O–H groups in total. The van der Waals surface area contributed by atoms with Crippen molar-refractivity contribution in [1.82, 2.24) is 10.2 Å². The first-order chi connectivity index (χ1) is 13.1. The van der Waals surface area contributed by atoms with Crippen molar-refractivity contribution < 1.29 is 14.4 Å². The minimum atomic E-state index is -0.400. The van der Waals surface area contributed by atoms with Crippen LogP contribution in [-0.4, -0.2) is 29.2 Å². The van der Waals surface area contributed by atoms with E-state index in [1.165, 1.54) is 12.8 Å². The summed E-state index contributed by atoms with van der Waals surface area (Å²) in [4.78, 5) is 38.7. The summed E-state index contributed by atoms with van der Waals surface area (Å²) < 4.78 is 0. The second-order valence-electron chi connectivity index (χ2n) is 7.24. The van der Waals surface area contributed by atoms with E-state index in [1.54, 1.807) is 24.3 Å². The first kappa shape index (κ1) is 17.5. The molecule has 1 saturated carbocycles. The van der Waals surface area contributed by atoms with Crippen molar-refractivity contribution in [2.75, 3.05) is 6.54 Å². The van der Waals surface area contributed by atoms with Crippen molar-refractivity contribution in [2.24, 2.45) is 5.92 Å². The lowest BCUT2D eigenvalue weighted by Gasteiger charge is -2.26. The van der Waals surface area contributed by atoms with E-state index in [2.05, 4.69) is 5.32 Å². The van der Waals surface area contributed by atoms with Crippen LogP contribution in [0.1, 0.15) is 58.0 Å². The molecule has 0 spiro atoms. The molecule has 5 heteroatoms. The number of hydrogen-bond donors (Lipinski definition) is 1. The Bertz CT molecular complexity index is 837. The van der Waals surface area contributed by atoms with Gasteiger partial charge in [-0.15, -0.1) is 0 Å². The molecule has 2 aromatic rings. The average molecular weight is 362 g/mol. The Hall–Kier alpha value is -2.95. The van der Waals surface area contributed by atoms with Gasteiger partial charge in [-0.05, 0) is 36.5 Å². The normalized spacial score (nSPS) is 17.9. The quantitative estimate of drug-likeness (QED) is 0.830. The molecule has 1 aliphatic carbocycles. The molecule has 1 aliphatic heterocycles. The van der Waals surface area contributed by atoms with Crippen LogP contribution in [0, 0.1) is 5.92 Å². The molecule has 2 aromatic carbocycles. The van der Waals surface area contributed by atoms with Gasteiger partial charge in [-0.2, -0.15) is 0 Å². The smallest absolute Gasteiger partial charge is 0.262 e. The molecule has 0 radical (unpaired) electrons. The number of fused-ring (bicyclic) bond motifs is 1. The van der Waals surface area contributed by atoms with Gasteiger partial charge < -0.3 is 5.32 Å². The summed E-state index contributed by atoms with van der Waals surface area (Å²) in [6.07, 6.45) is 4.49. The first-order valence-corrected chi connectivity index (χ1v) is 9.44. The third-order valence-corrected chi connectivity index (χ3v) is 5.53. The number of nitrogens with one attached hydrogen (secondary N) is 1. The number of carbonyl (C=O) groups excluding carboxylic acids is 3. The number of carbonyl (C=O) groups is 3. The van der Waals surface area contributed by atoms with Gasteiger partial charge in [-0.3, -0.25) is 19.3 Å². The zero-order valence-electron chi connectivity index (χ0n) is 15.1. The Morgan fingerprint density at radius 1 is 0.926 bits per heavy atom. The van der Waals surface area contributed by atoms with E-state index in [9.17, 15) is 14.4 Å². The molecular formula is C22H22N2O3. The number of benzene rings is 2. The summed E-state index contributed by atoms with van der Waals surface area (Å²) >= 11 is 0. The molecule has 1 heterocycles. The van der Waals surface area contributed by atoms with Crippen LogP contribution in [0.3, 0.4) is 0 Å². The highest BCUT2D eigenvalue weighted by molar-refractivity contribution is 6.22. The Balaban J connectivity index is 1.49. The van der Waals surface area contributed by atoms with Gasteiger partial charge in [0.05, 0.1) is 17.2 Å². The summed E-state index contributed by atoms with van der Waals surface area (Å²) in [5, 5.41) is 3.08. The lowest BCUT2D eigenvalue weighted by atomic mass is 9.91. The largest absolute Gasteiger partial charge is 0.347 e. The predicted molar refractivity (Wildman–Crippen MR) is 101 cm³/mol. The van der Waals surface area contributed by atoms with Crippen LogP contribution < -0.4 is 5.32 Å². The van der Waals surface area contributed by atoms with Crippen molar-refractivity contribution in [3.63, 3.8) is 0 Å². The van der Waals surface area contributed by atoms with E-state index >= 15 is 0 Å². The van der Waals surface area contributed by atoms with Crippen LogP contribution in [0.4, 0.5) is 0 Å². The molecule has 5 nitrogen and oxygen atoms in total. The first-order valence-electron chi connectivity index (χ1n) is 9.44. The van der Waals surface area contributed by atoms with E-state index < -0.39 is 11.8 Å². The Kier molecular flexibility index (Phi) is 4.75. The van der Waals surface area contributed by atoms with Gasteiger partial charge in [0, 0.05) is 0 Å². The fraction of sp³-hybridized carbons (Fsp3) is 0.318. The molecule has 0 bridgehead atoms. The SMILES string of the molecule is O=C(CN1C(=O)c2ccccc2C1=O)NC(c1ccccc1)C1CCCC1. The Morgan fingerprint density at radius 2 is 1.48 bits per heavy atom. The highest BCUT2D eigenvalue weighted by Crippen LogP contribution is 2.35. The van der Waals surface area contributed by atoms with Crippen LogP contribution >= 0.6 is 0 Å². The standard InChI is InChI=1S/C22H22N2O3/c25-19(14-24-21(26)17-12-6-7-13-18(17)22(24)27)23-20(16-10-4-5-11-16)15-8-2-1-3-9-15/h1-3,6-9,12-13,16,20H,4-5,10-11,14H2,(H,23,25). The van der Waals surface area contributed by atoms with E-state index in [-0.39, 0.29) is 18.5 Å². The molecule has 1 atom stereocenters. The topological polar surface area (TPSA) is 66.5 Å². The molecule has 3 amide bonds. The summed E-state index contributed by atoms with van der Waals surface area (Å²) in [6.45, 7) is -0.248. The highest BCUT2D eigenvalue weighted by Gasteiger charge is 2.37. The van der Waals surface area contributed by atoms with Gasteiger partial charge in [0.15, 0.2) is 0 Å². The van der Waals surface area contributed by atoms with Crippen molar-refractivity contribution in [2.45, 2.75) is 31.7 Å². The van der Waals surface area contributed by atoms with E-state index in [0.29, 0.717) is 17.0 Å². The predicted octanol–water partition coefficient (Wildman–Crippen LogP) is 3.33. The number of imide groups is 1. The lowest BCUT2D eigenvalue weighted by Crippen LogP contribution is -2.42. The second kappa shape index (κ2) is 7.35. The van der Waals surface area contributed by atoms with Gasteiger partial charge in [-0.25, -0.2) is 0 Å². The molecule has 0 aromatic heterocycles. The summed E-state index contributed by atoms with van der Waals surface area (Å²) in [5.74, 6) is -0.713. The monoisotopic (exact) mass is 362 g/mol. The lowest BCUT2D eigenvalue weighted by molar-refractivity contribution is -0.122. The molecular weight excluding hydrogens is 340 g/mol. The second-order valence-corrected chi connectivity index (χ2v) is 7.24. The molecule has 1 unspecified atom stereocenters. The van der Waals surface area contributed by atoms with E-state index in [0.717, 1.165) is 23.3 Å². The maximum atomic E-state index is 12.7. The highest BCUT2D eigenvalue weighted by atomic mass is 16.2. The van der Waals surface area contributed by atoms with Crippen molar-refractivity contribution in [1.29, 1.82) is 0 Å². The Morgan fingerprint density at radius 3 is 2.07 bits per heavy atom. The van der Waals surface area contributed by atoms with Gasteiger partial charge in [0.1, 0.15) is 6.54 Å². The molecule has 27 heavy (non-hydrogen) atoms. The van der Waals surface area contributed by atoms with Crippen LogP contribution in [0.5, 0.6) is 0 Å². The van der Waals surface area contributed by atoms with Crippen LogP contribution in [-0.2, 0) is 4.79 Å². The zero-order valence-corrected chi connectivity index (χ0v) is 15.1. The van der Waals surface area contributed by atoms with E-state index in [4.69, 9.17) is 0 Å². The summed E-state index contributed by atoms with van der Waals surface area (Å²) in [5.41, 5.74) is 1.80. The van der Waals surface area contributed by atoms with E-state index in [1.807, 2.05) is 30.3 Å². The summed E-state index contributed by atoms with van der Waals surface area (Å²) in [6, 6.07) is 16.5. The minimum absolute atomic E-state index is 0.0867. The van der Waals surface area contributed by atoms with Crippen molar-refractivity contribution >= 4 is 17.7 Å². The van der Waals surface area contributed by atoms with Crippen LogP contribution in [0.25, 0.3) is 0 Å². The molecule has 138 valence electrons. The number of amides is 3. The van der Waals surface area contributed by atoms with Gasteiger partial charge >= 0.3 is 0 Å². The average Bonchev–Trinajstić information content (AvgIpc) is 3.31. The summed E-state index contributed by atoms with van der Waals surface area (Å²) in [7, 11) is 0. The third-order valence-electron chi connectivity index (χ3n) is 5.53. The number of rotatable bonds is 5. The fourth-order valence-electron chi connectivity index (χ4n) is 4.17. The van der Waals surface area contributed by atoms with Gasteiger partial charge in [-0.1, -0.05) is 55.3 Å². The fourth-order valence-corrected chi connectivity index (χ4v) is 4.17. The zero-order chi connectivity index (χ0) is 18.8. The third kappa shape index (κ3) is 3.37. The van der Waals surface area contributed by atoms with Gasteiger partial charge in [0.2, 0.25) is 5.91 Å². The molecule has 1 fully saturated rings. The number of hydrogen-bond acceptors (Lipinski definition) is 3. The molecule has 4 rings (SSSR count). The maximum absolute atomic E-state index is 12.7. The molecule has 0 saturated heterocycles. The molecule has 2 aliphatic rings. The minimum Gasteiger partial charge on any atom is -0.347 e. The Labute approximate surface area is 158 Å².